The molecule has 3 rings (SSSR count). The topological polar surface area (TPSA) is 92.5 Å². The molecular formula is C20H19N3O4. The van der Waals surface area contributed by atoms with Crippen molar-refractivity contribution in [3.05, 3.63) is 75.8 Å². The summed E-state index contributed by atoms with van der Waals surface area (Å²) in [4.78, 5) is 36.0. The molecule has 1 aliphatic heterocycles. The summed E-state index contributed by atoms with van der Waals surface area (Å²) in [7, 11) is 0. The number of anilines is 1. The summed E-state index contributed by atoms with van der Waals surface area (Å²) in [6.45, 7) is 1.30. The predicted molar refractivity (Wildman–Crippen MR) is 102 cm³/mol. The lowest BCUT2D eigenvalue weighted by molar-refractivity contribution is -0.384. The van der Waals surface area contributed by atoms with Crippen molar-refractivity contribution < 1.29 is 14.5 Å². The first-order valence-corrected chi connectivity index (χ1v) is 8.61. The van der Waals surface area contributed by atoms with E-state index in [1.54, 1.807) is 18.2 Å². The highest BCUT2D eigenvalue weighted by molar-refractivity contribution is 6.02. The van der Waals surface area contributed by atoms with Gasteiger partial charge in [0.15, 0.2) is 0 Å². The van der Waals surface area contributed by atoms with E-state index in [-0.39, 0.29) is 17.5 Å². The van der Waals surface area contributed by atoms with Gasteiger partial charge in [-0.2, -0.15) is 0 Å². The Hall–Kier alpha value is -3.48. The van der Waals surface area contributed by atoms with E-state index in [1.165, 1.54) is 24.3 Å². The van der Waals surface area contributed by atoms with Crippen LogP contribution in [0.3, 0.4) is 0 Å². The fourth-order valence-corrected chi connectivity index (χ4v) is 2.94. The summed E-state index contributed by atoms with van der Waals surface area (Å²) >= 11 is 0. The van der Waals surface area contributed by atoms with Crippen LogP contribution in [0.5, 0.6) is 0 Å². The van der Waals surface area contributed by atoms with Crippen molar-refractivity contribution in [1.82, 2.24) is 4.90 Å². The molecule has 1 saturated heterocycles. The Labute approximate surface area is 156 Å². The summed E-state index contributed by atoms with van der Waals surface area (Å²) in [5.41, 5.74) is 2.13. The van der Waals surface area contributed by atoms with Crippen LogP contribution in [-0.4, -0.2) is 28.2 Å². The quantitative estimate of drug-likeness (QED) is 0.482. The lowest BCUT2D eigenvalue weighted by Gasteiger charge is -2.16. The first-order valence-electron chi connectivity index (χ1n) is 8.61. The number of nitrogens with one attached hydrogen (secondary N) is 1. The number of benzene rings is 2. The van der Waals surface area contributed by atoms with Crippen LogP contribution in [0.2, 0.25) is 0 Å². The molecule has 0 aliphatic carbocycles. The smallest absolute Gasteiger partial charge is 0.270 e. The van der Waals surface area contributed by atoms with E-state index in [0.717, 1.165) is 18.5 Å². The van der Waals surface area contributed by atoms with E-state index >= 15 is 0 Å². The van der Waals surface area contributed by atoms with Crippen molar-refractivity contribution in [2.24, 2.45) is 0 Å². The van der Waals surface area contributed by atoms with Gasteiger partial charge in [-0.05, 0) is 35.8 Å². The fourth-order valence-electron chi connectivity index (χ4n) is 2.94. The van der Waals surface area contributed by atoms with E-state index in [1.807, 2.05) is 23.1 Å². The number of nitrogens with zero attached hydrogens (tertiary/aromatic N) is 2. The van der Waals surface area contributed by atoms with Gasteiger partial charge in [0, 0.05) is 43.4 Å². The third kappa shape index (κ3) is 5.01. The van der Waals surface area contributed by atoms with E-state index in [4.69, 9.17) is 0 Å². The molecule has 2 aromatic rings. The van der Waals surface area contributed by atoms with E-state index < -0.39 is 4.92 Å². The maximum Gasteiger partial charge on any atom is 0.270 e. The number of non-ortho nitro benzene ring substituents is 1. The molecule has 0 aromatic heterocycles. The molecule has 0 unspecified atom stereocenters. The van der Waals surface area contributed by atoms with Crippen molar-refractivity contribution in [1.29, 1.82) is 0 Å². The minimum Gasteiger partial charge on any atom is -0.338 e. The molecule has 2 amide bonds. The Morgan fingerprint density at radius 1 is 1.22 bits per heavy atom. The Kier molecular flexibility index (Phi) is 5.61. The Bertz CT molecular complexity index is 908. The summed E-state index contributed by atoms with van der Waals surface area (Å²) in [5, 5.41) is 13.5. The molecule has 2 aromatic carbocycles. The number of likely N-dealkylation sites (tertiary alicyclic amines) is 1. The molecule has 138 valence electrons. The number of hydrogen-bond donors (Lipinski definition) is 1. The standard InChI is InChI=1S/C20H19N3O4/c24-19(10-9-15-4-2-7-18(13-15)23(26)27)21-17-6-1-5-16(12-17)14-22-11-3-8-20(22)25/h1-2,4-7,9-10,12-13H,3,8,11,14H2,(H,21,24)/b10-9+. The maximum absolute atomic E-state index is 12.1. The molecule has 7 nitrogen and oxygen atoms in total. The van der Waals surface area contributed by atoms with Gasteiger partial charge in [0.25, 0.3) is 5.69 Å². The minimum absolute atomic E-state index is 0.0262. The molecule has 1 N–H and O–H groups in total. The zero-order valence-corrected chi connectivity index (χ0v) is 14.6. The summed E-state index contributed by atoms with van der Waals surface area (Å²) in [6, 6.07) is 13.4. The molecule has 0 bridgehead atoms. The molecule has 1 heterocycles. The summed E-state index contributed by atoms with van der Waals surface area (Å²) in [6.07, 6.45) is 4.33. The lowest BCUT2D eigenvalue weighted by Crippen LogP contribution is -2.23. The third-order valence-corrected chi connectivity index (χ3v) is 4.25. The Morgan fingerprint density at radius 3 is 2.78 bits per heavy atom. The van der Waals surface area contributed by atoms with Gasteiger partial charge >= 0.3 is 0 Å². The highest BCUT2D eigenvalue weighted by Gasteiger charge is 2.19. The molecule has 0 atom stereocenters. The van der Waals surface area contributed by atoms with Gasteiger partial charge in [0.2, 0.25) is 11.8 Å². The first-order chi connectivity index (χ1) is 13.0. The van der Waals surface area contributed by atoms with Crippen LogP contribution in [0.4, 0.5) is 11.4 Å². The van der Waals surface area contributed by atoms with Crippen LogP contribution in [0, 0.1) is 10.1 Å². The van der Waals surface area contributed by atoms with Crippen LogP contribution in [0.25, 0.3) is 6.08 Å². The first kappa shape index (κ1) is 18.3. The summed E-state index contributed by atoms with van der Waals surface area (Å²) in [5.74, 6) is -0.180. The van der Waals surface area contributed by atoms with Crippen LogP contribution in [0.1, 0.15) is 24.0 Å². The maximum atomic E-state index is 12.1. The van der Waals surface area contributed by atoms with E-state index in [9.17, 15) is 19.7 Å². The third-order valence-electron chi connectivity index (χ3n) is 4.25. The number of amides is 2. The van der Waals surface area contributed by atoms with Crippen molar-refractivity contribution in [3.63, 3.8) is 0 Å². The van der Waals surface area contributed by atoms with Crippen molar-refractivity contribution in [3.8, 4) is 0 Å². The van der Waals surface area contributed by atoms with Crippen molar-refractivity contribution in [2.75, 3.05) is 11.9 Å². The normalized spacial score (nSPS) is 13.9. The van der Waals surface area contributed by atoms with Crippen LogP contribution < -0.4 is 5.32 Å². The molecule has 0 saturated carbocycles. The van der Waals surface area contributed by atoms with Gasteiger partial charge in [-0.1, -0.05) is 24.3 Å². The van der Waals surface area contributed by atoms with Gasteiger partial charge in [-0.3, -0.25) is 19.7 Å². The fraction of sp³-hybridized carbons (Fsp3) is 0.200. The van der Waals surface area contributed by atoms with Gasteiger partial charge in [0.1, 0.15) is 0 Å². The van der Waals surface area contributed by atoms with Crippen LogP contribution >= 0.6 is 0 Å². The number of hydrogen-bond acceptors (Lipinski definition) is 4. The lowest BCUT2D eigenvalue weighted by atomic mass is 10.1. The van der Waals surface area contributed by atoms with Gasteiger partial charge in [-0.15, -0.1) is 0 Å². The average Bonchev–Trinajstić information content (AvgIpc) is 3.05. The Balaban J connectivity index is 1.62. The second kappa shape index (κ2) is 8.27. The van der Waals surface area contributed by atoms with Gasteiger partial charge < -0.3 is 10.2 Å². The average molecular weight is 365 g/mol. The number of nitro groups is 1. The predicted octanol–water partition coefficient (Wildman–Crippen LogP) is 3.37. The van der Waals surface area contributed by atoms with E-state index in [0.29, 0.717) is 24.2 Å². The number of carbonyl (C=O) groups is 2. The monoisotopic (exact) mass is 365 g/mol. The number of rotatable bonds is 6. The molecule has 1 aliphatic rings. The zero-order chi connectivity index (χ0) is 19.2. The highest BCUT2D eigenvalue weighted by Crippen LogP contribution is 2.18. The molecule has 0 radical (unpaired) electrons. The SMILES string of the molecule is O=C(/C=C/c1cccc([N+](=O)[O-])c1)Nc1cccc(CN2CCCC2=O)c1. The zero-order valence-electron chi connectivity index (χ0n) is 14.6. The number of nitro benzene ring substituents is 1. The molecule has 7 heteroatoms. The van der Waals surface area contributed by atoms with Crippen molar-refractivity contribution >= 4 is 29.3 Å². The molecule has 1 fully saturated rings. The van der Waals surface area contributed by atoms with Crippen molar-refractivity contribution in [2.45, 2.75) is 19.4 Å². The van der Waals surface area contributed by atoms with Gasteiger partial charge in [-0.25, -0.2) is 0 Å². The largest absolute Gasteiger partial charge is 0.338 e. The van der Waals surface area contributed by atoms with E-state index in [2.05, 4.69) is 5.32 Å². The van der Waals surface area contributed by atoms with Crippen LogP contribution in [-0.2, 0) is 16.1 Å². The second-order valence-corrected chi connectivity index (χ2v) is 6.29. The summed E-state index contributed by atoms with van der Waals surface area (Å²) < 4.78 is 0. The molecule has 0 spiro atoms. The minimum atomic E-state index is -0.478. The second-order valence-electron chi connectivity index (χ2n) is 6.29. The molecule has 27 heavy (non-hydrogen) atoms. The van der Waals surface area contributed by atoms with Crippen LogP contribution in [0.15, 0.2) is 54.6 Å². The molecular weight excluding hydrogens is 346 g/mol. The Morgan fingerprint density at radius 2 is 2.04 bits per heavy atom. The van der Waals surface area contributed by atoms with Gasteiger partial charge in [0.05, 0.1) is 4.92 Å². The number of carbonyl (C=O) groups excluding carboxylic acids is 2. The highest BCUT2D eigenvalue weighted by atomic mass is 16.6.